The van der Waals surface area contributed by atoms with Crippen molar-refractivity contribution in [2.75, 3.05) is 13.7 Å². The van der Waals surface area contributed by atoms with Crippen LogP contribution in [0.15, 0.2) is 27.6 Å². The molecule has 0 radical (unpaired) electrons. The topological polar surface area (TPSA) is 101 Å². The predicted octanol–water partition coefficient (Wildman–Crippen LogP) is 1.75. The molecule has 0 aromatic heterocycles. The number of sulfonamides is 1. The summed E-state index contributed by atoms with van der Waals surface area (Å²) in [6.45, 7) is 2.63. The summed E-state index contributed by atoms with van der Waals surface area (Å²) in [6.07, 6.45) is 0. The van der Waals surface area contributed by atoms with Crippen LogP contribution in [-0.4, -0.2) is 41.9 Å². The van der Waals surface area contributed by atoms with Crippen LogP contribution in [0.3, 0.4) is 0 Å². The average Bonchev–Trinajstić information content (AvgIpc) is 2.37. The molecule has 0 saturated carbocycles. The molecule has 1 aromatic rings. The maximum Gasteiger partial charge on any atom is 0.289 e. The van der Waals surface area contributed by atoms with Gasteiger partial charge >= 0.3 is 0 Å². The largest absolute Gasteiger partial charge is 0.394 e. The minimum Gasteiger partial charge on any atom is -0.394 e. The molecule has 0 unspecified atom stereocenters. The first-order valence-corrected chi connectivity index (χ1v) is 7.81. The van der Waals surface area contributed by atoms with Gasteiger partial charge in [0.05, 0.1) is 17.1 Å². The Morgan fingerprint density at radius 2 is 2.00 bits per heavy atom. The van der Waals surface area contributed by atoms with E-state index in [4.69, 9.17) is 0 Å². The molecule has 1 rings (SSSR count). The summed E-state index contributed by atoms with van der Waals surface area (Å²) in [5.41, 5.74) is -1.58. The average molecular weight is 367 g/mol. The fourth-order valence-electron chi connectivity index (χ4n) is 1.42. The Kier molecular flexibility index (Phi) is 4.90. The zero-order chi connectivity index (χ0) is 15.7. The lowest BCUT2D eigenvalue weighted by Crippen LogP contribution is -2.47. The van der Waals surface area contributed by atoms with E-state index in [1.54, 1.807) is 0 Å². The first kappa shape index (κ1) is 17.0. The van der Waals surface area contributed by atoms with Crippen molar-refractivity contribution in [2.45, 2.75) is 24.3 Å². The molecule has 0 atom stereocenters. The molecule has 0 bridgehead atoms. The number of nitro groups is 1. The number of hydrogen-bond acceptors (Lipinski definition) is 5. The zero-order valence-electron chi connectivity index (χ0n) is 11.2. The number of hydrogen-bond donors (Lipinski definition) is 1. The van der Waals surface area contributed by atoms with Gasteiger partial charge in [0.15, 0.2) is 4.90 Å². The molecular weight excluding hydrogens is 352 g/mol. The first-order valence-electron chi connectivity index (χ1n) is 5.58. The molecule has 0 amide bonds. The quantitative estimate of drug-likeness (QED) is 0.631. The number of likely N-dealkylation sites (N-methyl/N-ethyl adjacent to an activating group) is 1. The molecular formula is C11H15BrN2O5S. The number of benzene rings is 1. The molecule has 9 heteroatoms. The van der Waals surface area contributed by atoms with E-state index in [9.17, 15) is 23.6 Å². The van der Waals surface area contributed by atoms with Crippen LogP contribution < -0.4 is 0 Å². The summed E-state index contributed by atoms with van der Waals surface area (Å²) in [6, 6.07) is 3.70. The van der Waals surface area contributed by atoms with Crippen LogP contribution >= 0.6 is 15.9 Å². The van der Waals surface area contributed by atoms with Gasteiger partial charge in [0.1, 0.15) is 0 Å². The van der Waals surface area contributed by atoms with E-state index in [-0.39, 0.29) is 0 Å². The van der Waals surface area contributed by atoms with Crippen molar-refractivity contribution in [2.24, 2.45) is 0 Å². The Labute approximate surface area is 125 Å². The Morgan fingerprint density at radius 1 is 1.45 bits per heavy atom. The van der Waals surface area contributed by atoms with Crippen molar-refractivity contribution in [3.05, 3.63) is 32.8 Å². The maximum absolute atomic E-state index is 12.5. The van der Waals surface area contributed by atoms with Gasteiger partial charge < -0.3 is 5.11 Å². The highest BCUT2D eigenvalue weighted by atomic mass is 79.9. The molecule has 20 heavy (non-hydrogen) atoms. The van der Waals surface area contributed by atoms with E-state index >= 15 is 0 Å². The Hall–Kier alpha value is -1.03. The summed E-state index contributed by atoms with van der Waals surface area (Å²) in [7, 11) is -2.83. The van der Waals surface area contributed by atoms with Crippen LogP contribution in [-0.2, 0) is 10.0 Å². The first-order chi connectivity index (χ1) is 9.04. The fourth-order valence-corrected chi connectivity index (χ4v) is 3.62. The maximum atomic E-state index is 12.5. The van der Waals surface area contributed by atoms with Gasteiger partial charge in [-0.05, 0) is 26.0 Å². The highest BCUT2D eigenvalue weighted by Crippen LogP contribution is 2.31. The van der Waals surface area contributed by atoms with Crippen molar-refractivity contribution in [1.82, 2.24) is 4.31 Å². The Balaban J connectivity index is 3.50. The van der Waals surface area contributed by atoms with Gasteiger partial charge in [-0.25, -0.2) is 8.42 Å². The van der Waals surface area contributed by atoms with Crippen LogP contribution in [0.4, 0.5) is 5.69 Å². The normalized spacial score (nSPS) is 12.7. The van der Waals surface area contributed by atoms with E-state index in [2.05, 4.69) is 15.9 Å². The summed E-state index contributed by atoms with van der Waals surface area (Å²) in [4.78, 5) is 9.81. The smallest absolute Gasteiger partial charge is 0.289 e. The van der Waals surface area contributed by atoms with Gasteiger partial charge in [-0.3, -0.25) is 10.1 Å². The molecule has 0 aliphatic heterocycles. The number of nitro benzene ring substituents is 1. The van der Waals surface area contributed by atoms with E-state index in [1.165, 1.54) is 33.0 Å². The van der Waals surface area contributed by atoms with E-state index < -0.39 is 37.7 Å². The van der Waals surface area contributed by atoms with Crippen molar-refractivity contribution < 1.29 is 18.4 Å². The van der Waals surface area contributed by atoms with Crippen molar-refractivity contribution in [3.8, 4) is 0 Å². The van der Waals surface area contributed by atoms with E-state index in [0.717, 1.165) is 10.4 Å². The number of aliphatic hydroxyl groups excluding tert-OH is 1. The highest BCUT2D eigenvalue weighted by Gasteiger charge is 2.37. The molecule has 7 nitrogen and oxygen atoms in total. The van der Waals surface area contributed by atoms with Crippen molar-refractivity contribution in [3.63, 3.8) is 0 Å². The lowest BCUT2D eigenvalue weighted by Gasteiger charge is -2.32. The summed E-state index contributed by atoms with van der Waals surface area (Å²) in [5, 5.41) is 20.2. The highest BCUT2D eigenvalue weighted by molar-refractivity contribution is 9.10. The molecule has 112 valence electrons. The standard InChI is InChI=1S/C11H15BrN2O5S/c1-11(2,7-15)13(3)20(18,19)10-6-8(12)4-5-9(10)14(16)17/h4-6,15H,7H2,1-3H3. The van der Waals surface area contributed by atoms with Gasteiger partial charge in [-0.2, -0.15) is 4.31 Å². The number of halogens is 1. The third-order valence-corrected chi connectivity index (χ3v) is 5.59. The summed E-state index contributed by atoms with van der Waals surface area (Å²) in [5.74, 6) is 0. The number of aliphatic hydroxyl groups is 1. The monoisotopic (exact) mass is 366 g/mol. The Bertz CT molecular complexity index is 630. The van der Waals surface area contributed by atoms with Gasteiger partial charge in [-0.15, -0.1) is 0 Å². The second-order valence-electron chi connectivity index (χ2n) is 4.81. The second kappa shape index (κ2) is 5.76. The Morgan fingerprint density at radius 3 is 2.45 bits per heavy atom. The van der Waals surface area contributed by atoms with Gasteiger partial charge in [0, 0.05) is 17.6 Å². The molecule has 0 aliphatic rings. The van der Waals surface area contributed by atoms with Crippen LogP contribution in [0, 0.1) is 10.1 Å². The molecule has 0 spiro atoms. The summed E-state index contributed by atoms with van der Waals surface area (Å²) >= 11 is 3.10. The lowest BCUT2D eigenvalue weighted by atomic mass is 10.1. The second-order valence-corrected chi connectivity index (χ2v) is 7.67. The molecule has 0 saturated heterocycles. The number of nitrogens with zero attached hydrogens (tertiary/aromatic N) is 2. The fraction of sp³-hybridized carbons (Fsp3) is 0.455. The molecule has 1 N–H and O–H groups in total. The lowest BCUT2D eigenvalue weighted by molar-refractivity contribution is -0.387. The van der Waals surface area contributed by atoms with Crippen molar-refractivity contribution >= 4 is 31.6 Å². The molecule has 0 fully saturated rings. The van der Waals surface area contributed by atoms with Crippen LogP contribution in [0.5, 0.6) is 0 Å². The molecule has 1 aromatic carbocycles. The number of rotatable bonds is 5. The van der Waals surface area contributed by atoms with Gasteiger partial charge in [-0.1, -0.05) is 15.9 Å². The summed E-state index contributed by atoms with van der Waals surface area (Å²) < 4.78 is 26.3. The predicted molar refractivity (Wildman–Crippen MR) is 76.9 cm³/mol. The van der Waals surface area contributed by atoms with Crippen molar-refractivity contribution in [1.29, 1.82) is 0 Å². The minimum absolute atomic E-state index is 0.412. The molecule has 0 heterocycles. The third-order valence-electron chi connectivity index (χ3n) is 3.00. The molecule has 0 aliphatic carbocycles. The van der Waals surface area contributed by atoms with Crippen LogP contribution in [0.1, 0.15) is 13.8 Å². The van der Waals surface area contributed by atoms with E-state index in [0.29, 0.717) is 4.47 Å². The van der Waals surface area contributed by atoms with E-state index in [1.807, 2.05) is 0 Å². The van der Waals surface area contributed by atoms with Gasteiger partial charge in [0.25, 0.3) is 5.69 Å². The minimum atomic E-state index is -4.11. The van der Waals surface area contributed by atoms with Gasteiger partial charge in [0.2, 0.25) is 10.0 Å². The van der Waals surface area contributed by atoms with Crippen LogP contribution in [0.2, 0.25) is 0 Å². The van der Waals surface area contributed by atoms with Crippen LogP contribution in [0.25, 0.3) is 0 Å². The third kappa shape index (κ3) is 3.17. The zero-order valence-corrected chi connectivity index (χ0v) is 13.6. The SMILES string of the molecule is CN(C(C)(C)CO)S(=O)(=O)c1cc(Br)ccc1[N+](=O)[O-].